The number of ether oxygens (including phenoxy) is 2. The normalized spacial score (nSPS) is 14.9. The van der Waals surface area contributed by atoms with Gasteiger partial charge in [0.2, 0.25) is 5.91 Å². The van der Waals surface area contributed by atoms with Gasteiger partial charge in [-0.3, -0.25) is 14.4 Å². The molecular formula is C46H84N2O5. The van der Waals surface area contributed by atoms with Gasteiger partial charge in [0, 0.05) is 19.5 Å². The summed E-state index contributed by atoms with van der Waals surface area (Å²) in [5.41, 5.74) is 0. The first kappa shape index (κ1) is 48.9. The van der Waals surface area contributed by atoms with E-state index in [0.717, 1.165) is 110 Å². The Kier molecular flexibility index (Phi) is 32.8. The second-order valence-corrected chi connectivity index (χ2v) is 15.8. The molecule has 53 heavy (non-hydrogen) atoms. The molecule has 0 spiro atoms. The summed E-state index contributed by atoms with van der Waals surface area (Å²) >= 11 is 0. The quantitative estimate of drug-likeness (QED) is 0.0365. The van der Waals surface area contributed by atoms with Crippen molar-refractivity contribution in [3.05, 3.63) is 24.3 Å². The van der Waals surface area contributed by atoms with Crippen molar-refractivity contribution < 1.29 is 23.9 Å². The fraction of sp³-hybridized carbons (Fsp3) is 0.848. The molecule has 0 saturated carbocycles. The summed E-state index contributed by atoms with van der Waals surface area (Å²) < 4.78 is 10.9. The number of esters is 2. The second-order valence-electron chi connectivity index (χ2n) is 15.8. The molecule has 2 atom stereocenters. The number of allylic oxidation sites excluding steroid dienone is 2. The number of nitrogens with zero attached hydrogens (tertiary/aromatic N) is 2. The Bertz CT molecular complexity index is 944. The van der Waals surface area contributed by atoms with Crippen molar-refractivity contribution in [3.8, 4) is 0 Å². The molecule has 1 aliphatic heterocycles. The van der Waals surface area contributed by atoms with Crippen LogP contribution in [0.2, 0.25) is 0 Å². The highest BCUT2D eigenvalue weighted by atomic mass is 16.5. The Labute approximate surface area is 327 Å². The second kappa shape index (κ2) is 35.5. The van der Waals surface area contributed by atoms with Crippen molar-refractivity contribution in [2.45, 2.75) is 195 Å². The number of amides is 1. The van der Waals surface area contributed by atoms with Crippen LogP contribution in [-0.4, -0.2) is 73.6 Å². The smallest absolute Gasteiger partial charge is 0.308 e. The Morgan fingerprint density at radius 3 is 1.49 bits per heavy atom. The van der Waals surface area contributed by atoms with Crippen molar-refractivity contribution in [3.63, 3.8) is 0 Å². The molecular weight excluding hydrogens is 661 g/mol. The minimum atomic E-state index is -0.0822. The maximum Gasteiger partial charge on any atom is 0.308 e. The SMILES string of the molecule is CCCCC/C=C\COC(=O)C(C)CCCCCCCCN(CCCCCCCC(C)C(=O)OC/C=C\CCCCC)C(=O)CCCN1CCCCC1. The predicted molar refractivity (Wildman–Crippen MR) is 223 cm³/mol. The van der Waals surface area contributed by atoms with Crippen molar-refractivity contribution in [2.75, 3.05) is 45.9 Å². The minimum Gasteiger partial charge on any atom is -0.461 e. The molecule has 1 aliphatic rings. The van der Waals surface area contributed by atoms with Crippen LogP contribution in [0.4, 0.5) is 0 Å². The van der Waals surface area contributed by atoms with Crippen LogP contribution in [0.5, 0.6) is 0 Å². The number of hydrogen-bond acceptors (Lipinski definition) is 6. The van der Waals surface area contributed by atoms with E-state index in [0.29, 0.717) is 25.5 Å². The Morgan fingerprint density at radius 2 is 1.02 bits per heavy atom. The van der Waals surface area contributed by atoms with Gasteiger partial charge in [-0.25, -0.2) is 0 Å². The molecule has 2 unspecified atom stereocenters. The van der Waals surface area contributed by atoms with Gasteiger partial charge in [-0.2, -0.15) is 0 Å². The van der Waals surface area contributed by atoms with E-state index in [1.807, 2.05) is 26.0 Å². The van der Waals surface area contributed by atoms with E-state index in [2.05, 4.69) is 35.8 Å². The summed E-state index contributed by atoms with van der Waals surface area (Å²) in [6.07, 6.45) is 37.3. The van der Waals surface area contributed by atoms with Gasteiger partial charge in [0.1, 0.15) is 13.2 Å². The molecule has 1 rings (SSSR count). The number of hydrogen-bond donors (Lipinski definition) is 0. The van der Waals surface area contributed by atoms with Gasteiger partial charge < -0.3 is 19.3 Å². The zero-order chi connectivity index (χ0) is 38.6. The van der Waals surface area contributed by atoms with E-state index in [4.69, 9.17) is 9.47 Å². The van der Waals surface area contributed by atoms with Crippen molar-refractivity contribution in [2.24, 2.45) is 11.8 Å². The van der Waals surface area contributed by atoms with Crippen LogP contribution in [0.15, 0.2) is 24.3 Å². The molecule has 0 bridgehead atoms. The fourth-order valence-corrected chi connectivity index (χ4v) is 7.08. The Morgan fingerprint density at radius 1 is 0.566 bits per heavy atom. The largest absolute Gasteiger partial charge is 0.461 e. The van der Waals surface area contributed by atoms with Gasteiger partial charge in [-0.05, 0) is 90.3 Å². The maximum absolute atomic E-state index is 13.3. The molecule has 0 radical (unpaired) electrons. The average Bonchev–Trinajstić information content (AvgIpc) is 3.16. The molecule has 7 heteroatoms. The molecule has 7 nitrogen and oxygen atoms in total. The highest BCUT2D eigenvalue weighted by Gasteiger charge is 2.17. The lowest BCUT2D eigenvalue weighted by atomic mass is 10.0. The minimum absolute atomic E-state index is 0.0391. The molecule has 1 fully saturated rings. The van der Waals surface area contributed by atoms with E-state index < -0.39 is 0 Å². The van der Waals surface area contributed by atoms with E-state index in [1.54, 1.807) is 0 Å². The highest BCUT2D eigenvalue weighted by molar-refractivity contribution is 5.76. The van der Waals surface area contributed by atoms with Crippen LogP contribution in [0, 0.1) is 11.8 Å². The molecule has 0 aromatic heterocycles. The van der Waals surface area contributed by atoms with E-state index in [-0.39, 0.29) is 23.8 Å². The monoisotopic (exact) mass is 745 g/mol. The van der Waals surface area contributed by atoms with Crippen LogP contribution in [0.1, 0.15) is 195 Å². The zero-order valence-corrected chi connectivity index (χ0v) is 35.2. The standard InChI is InChI=1S/C46H84N2O5/c1-5-7-9-11-20-29-40-52-45(50)42(3)32-23-16-13-14-18-27-38-48(44(49)34-31-37-47-35-25-22-26-36-47)39-28-19-15-17-24-33-43(4)46(51)53-41-30-21-12-10-8-6-2/h20-21,29-30,42-43H,5-19,22-28,31-41H2,1-4H3/b29-20-,30-21-. The van der Waals surface area contributed by atoms with Crippen LogP contribution < -0.4 is 0 Å². The zero-order valence-electron chi connectivity index (χ0n) is 35.2. The lowest BCUT2D eigenvalue weighted by Crippen LogP contribution is -2.34. The van der Waals surface area contributed by atoms with Gasteiger partial charge in [-0.15, -0.1) is 0 Å². The number of likely N-dealkylation sites (tertiary alicyclic amines) is 1. The average molecular weight is 745 g/mol. The number of unbranched alkanes of at least 4 members (excludes halogenated alkanes) is 15. The summed E-state index contributed by atoms with van der Waals surface area (Å²) in [6, 6.07) is 0. The summed E-state index contributed by atoms with van der Waals surface area (Å²) in [5.74, 6) is 0.0840. The van der Waals surface area contributed by atoms with Crippen molar-refractivity contribution in [1.29, 1.82) is 0 Å². The van der Waals surface area contributed by atoms with Gasteiger partial charge in [0.25, 0.3) is 0 Å². The first-order valence-corrected chi connectivity index (χ1v) is 22.5. The van der Waals surface area contributed by atoms with Crippen molar-refractivity contribution >= 4 is 17.8 Å². The maximum atomic E-state index is 13.3. The van der Waals surface area contributed by atoms with Crippen molar-refractivity contribution in [1.82, 2.24) is 9.80 Å². The van der Waals surface area contributed by atoms with E-state index in [1.165, 1.54) is 83.7 Å². The first-order valence-electron chi connectivity index (χ1n) is 22.5. The van der Waals surface area contributed by atoms with Crippen LogP contribution in [0.25, 0.3) is 0 Å². The Balaban J connectivity index is 2.27. The number of rotatable bonds is 35. The summed E-state index contributed by atoms with van der Waals surface area (Å²) in [5, 5.41) is 0. The summed E-state index contributed by atoms with van der Waals surface area (Å²) in [7, 11) is 0. The first-order chi connectivity index (χ1) is 25.9. The van der Waals surface area contributed by atoms with Crippen LogP contribution in [0.3, 0.4) is 0 Å². The Hall–Kier alpha value is -2.15. The molecule has 308 valence electrons. The molecule has 0 aromatic carbocycles. The molecule has 0 aliphatic carbocycles. The third-order valence-electron chi connectivity index (χ3n) is 10.8. The number of carbonyl (C=O) groups excluding carboxylic acids is 3. The van der Waals surface area contributed by atoms with Gasteiger partial charge >= 0.3 is 11.9 Å². The summed E-state index contributed by atoms with van der Waals surface area (Å²) in [6.45, 7) is 14.3. The number of piperidine rings is 1. The van der Waals surface area contributed by atoms with Crippen LogP contribution >= 0.6 is 0 Å². The van der Waals surface area contributed by atoms with Gasteiger partial charge in [0.15, 0.2) is 0 Å². The lowest BCUT2D eigenvalue weighted by molar-refractivity contribution is -0.147. The predicted octanol–water partition coefficient (Wildman–Crippen LogP) is 11.8. The number of carbonyl (C=O) groups is 3. The molecule has 1 heterocycles. The van der Waals surface area contributed by atoms with E-state index in [9.17, 15) is 14.4 Å². The highest BCUT2D eigenvalue weighted by Crippen LogP contribution is 2.17. The fourth-order valence-electron chi connectivity index (χ4n) is 7.08. The third-order valence-corrected chi connectivity index (χ3v) is 10.8. The van der Waals surface area contributed by atoms with Gasteiger partial charge in [-0.1, -0.05) is 142 Å². The third kappa shape index (κ3) is 28.9. The molecule has 0 N–H and O–H groups in total. The summed E-state index contributed by atoms with van der Waals surface area (Å²) in [4.78, 5) is 42.6. The van der Waals surface area contributed by atoms with E-state index >= 15 is 0 Å². The molecule has 0 aromatic rings. The topological polar surface area (TPSA) is 76.1 Å². The lowest BCUT2D eigenvalue weighted by Gasteiger charge is -2.27. The van der Waals surface area contributed by atoms with Crippen LogP contribution in [-0.2, 0) is 23.9 Å². The van der Waals surface area contributed by atoms with Gasteiger partial charge in [0.05, 0.1) is 11.8 Å². The molecule has 1 amide bonds. The molecule has 1 saturated heterocycles.